The number of hydroxylamine groups is 1. The third kappa shape index (κ3) is 3.25. The molecule has 0 aromatic heterocycles. The molecule has 150 valence electrons. The Morgan fingerprint density at radius 1 is 1.14 bits per heavy atom. The van der Waals surface area contributed by atoms with Crippen LogP contribution in [-0.2, 0) is 9.63 Å². The lowest BCUT2D eigenvalue weighted by atomic mass is 9.86. The maximum Gasteiger partial charge on any atom is 0.258 e. The molecule has 4 rings (SSSR count). The molecule has 2 aromatic carbocycles. The van der Waals surface area contributed by atoms with Crippen molar-refractivity contribution in [3.05, 3.63) is 78.9 Å². The molecule has 1 amide bonds. The highest BCUT2D eigenvalue weighted by atomic mass is 16.7. The van der Waals surface area contributed by atoms with E-state index in [1.54, 1.807) is 28.2 Å². The number of hydrogen-bond donors (Lipinski definition) is 0. The first-order chi connectivity index (χ1) is 13.9. The van der Waals surface area contributed by atoms with E-state index in [1.807, 2.05) is 62.4 Å². The lowest BCUT2D eigenvalue weighted by molar-refractivity contribution is -0.146. The second kappa shape index (κ2) is 7.16. The summed E-state index contributed by atoms with van der Waals surface area (Å²) >= 11 is 0. The Morgan fingerprint density at radius 3 is 2.38 bits per heavy atom. The zero-order valence-electron chi connectivity index (χ0n) is 16.9. The summed E-state index contributed by atoms with van der Waals surface area (Å²) in [7, 11) is 0. The maximum absolute atomic E-state index is 13.4. The molecule has 2 atom stereocenters. The fourth-order valence-corrected chi connectivity index (χ4v) is 4.57. The Balaban J connectivity index is 1.74. The molecule has 2 aromatic rings. The van der Waals surface area contributed by atoms with E-state index >= 15 is 0 Å². The van der Waals surface area contributed by atoms with E-state index in [-0.39, 0.29) is 17.2 Å². The fraction of sp³-hybridized carbons (Fsp3) is 0.333. The molecular weight excluding hydrogens is 364 g/mol. The van der Waals surface area contributed by atoms with Crippen molar-refractivity contribution in [3.63, 3.8) is 0 Å². The third-order valence-electron chi connectivity index (χ3n) is 5.85. The monoisotopic (exact) mass is 390 g/mol. The van der Waals surface area contributed by atoms with Gasteiger partial charge in [-0.3, -0.25) is 14.4 Å². The predicted octanol–water partition coefficient (Wildman–Crippen LogP) is 4.02. The number of hydrogen-bond acceptors (Lipinski definition) is 4. The summed E-state index contributed by atoms with van der Waals surface area (Å²) in [5.41, 5.74) is -0.0337. The van der Waals surface area contributed by atoms with Gasteiger partial charge in [-0.15, -0.1) is 6.58 Å². The zero-order chi connectivity index (χ0) is 20.6. The molecule has 0 unspecified atom stereocenters. The van der Waals surface area contributed by atoms with Crippen molar-refractivity contribution in [3.8, 4) is 0 Å². The van der Waals surface area contributed by atoms with Crippen LogP contribution in [0.3, 0.4) is 0 Å². The van der Waals surface area contributed by atoms with Gasteiger partial charge in [-0.2, -0.15) is 0 Å². The number of benzene rings is 2. The number of carbonyl (C=O) groups excluding carboxylic acids is 2. The normalized spacial score (nSPS) is 25.6. The molecule has 5 nitrogen and oxygen atoms in total. The van der Waals surface area contributed by atoms with Crippen LogP contribution in [-0.4, -0.2) is 40.3 Å². The zero-order valence-corrected chi connectivity index (χ0v) is 16.9. The van der Waals surface area contributed by atoms with Gasteiger partial charge in [0.1, 0.15) is 6.04 Å². The van der Waals surface area contributed by atoms with Crippen LogP contribution in [0.5, 0.6) is 0 Å². The van der Waals surface area contributed by atoms with E-state index in [0.29, 0.717) is 24.9 Å². The SMILES string of the molecule is C=CCN1C(=O)[C@]2(C[C@H](C(=O)c3ccccc3)N(c3ccccc3)O2)CC1(C)C. The average Bonchev–Trinajstić information content (AvgIpc) is 3.19. The van der Waals surface area contributed by atoms with Crippen molar-refractivity contribution in [2.24, 2.45) is 0 Å². The number of likely N-dealkylation sites (tertiary alicyclic amines) is 1. The Bertz CT molecular complexity index is 926. The molecule has 2 aliphatic rings. The number of ketones is 1. The minimum atomic E-state index is -1.04. The molecule has 0 aliphatic carbocycles. The van der Waals surface area contributed by atoms with E-state index < -0.39 is 11.6 Å². The largest absolute Gasteiger partial charge is 0.331 e. The third-order valence-corrected chi connectivity index (χ3v) is 5.85. The molecule has 2 saturated heterocycles. The summed E-state index contributed by atoms with van der Waals surface area (Å²) in [6.45, 7) is 8.31. The van der Waals surface area contributed by atoms with E-state index in [0.717, 1.165) is 5.69 Å². The van der Waals surface area contributed by atoms with Gasteiger partial charge in [0.05, 0.1) is 5.69 Å². The molecule has 29 heavy (non-hydrogen) atoms. The molecular formula is C24H26N2O3. The van der Waals surface area contributed by atoms with Crippen molar-refractivity contribution >= 4 is 17.4 Å². The van der Waals surface area contributed by atoms with Crippen molar-refractivity contribution < 1.29 is 14.4 Å². The summed E-state index contributed by atoms with van der Waals surface area (Å²) in [6, 6.07) is 18.1. The first-order valence-corrected chi connectivity index (χ1v) is 9.94. The van der Waals surface area contributed by atoms with Crippen LogP contribution in [0.15, 0.2) is 73.3 Å². The average molecular weight is 390 g/mol. The number of nitrogens with zero attached hydrogens (tertiary/aromatic N) is 2. The van der Waals surface area contributed by atoms with Gasteiger partial charge in [0, 0.05) is 30.5 Å². The first-order valence-electron chi connectivity index (χ1n) is 9.94. The van der Waals surface area contributed by atoms with Gasteiger partial charge in [-0.05, 0) is 26.0 Å². The molecule has 1 spiro atoms. The van der Waals surface area contributed by atoms with Crippen molar-refractivity contribution in [1.29, 1.82) is 0 Å². The standard InChI is InChI=1S/C24H26N2O3/c1-4-15-25-22(28)24(17-23(25,2)3)16-20(21(27)18-11-7-5-8-12-18)26(29-24)19-13-9-6-10-14-19/h4-14,20H,1,15-17H2,2-3H3/t20-,24+/m1/s1. The lowest BCUT2D eigenvalue weighted by Crippen LogP contribution is -2.43. The van der Waals surface area contributed by atoms with Gasteiger partial charge in [0.2, 0.25) is 0 Å². The Morgan fingerprint density at radius 2 is 1.76 bits per heavy atom. The molecule has 0 bridgehead atoms. The minimum absolute atomic E-state index is 0.0425. The number of anilines is 1. The molecule has 0 N–H and O–H groups in total. The van der Waals surface area contributed by atoms with Crippen LogP contribution < -0.4 is 5.06 Å². The molecule has 2 fully saturated rings. The number of rotatable bonds is 5. The second-order valence-corrected chi connectivity index (χ2v) is 8.39. The fourth-order valence-electron chi connectivity index (χ4n) is 4.57. The smallest absolute Gasteiger partial charge is 0.258 e. The van der Waals surface area contributed by atoms with Crippen LogP contribution in [0.2, 0.25) is 0 Å². The molecule has 5 heteroatoms. The van der Waals surface area contributed by atoms with Gasteiger partial charge in [0.15, 0.2) is 11.4 Å². The topological polar surface area (TPSA) is 49.9 Å². The van der Waals surface area contributed by atoms with Gasteiger partial charge >= 0.3 is 0 Å². The van der Waals surface area contributed by atoms with Crippen LogP contribution in [0, 0.1) is 0 Å². The molecule has 2 heterocycles. The maximum atomic E-state index is 13.4. The summed E-state index contributed by atoms with van der Waals surface area (Å²) < 4.78 is 0. The number of amides is 1. The van der Waals surface area contributed by atoms with Gasteiger partial charge in [0.25, 0.3) is 5.91 Å². The van der Waals surface area contributed by atoms with Crippen LogP contribution >= 0.6 is 0 Å². The molecule has 0 saturated carbocycles. The van der Waals surface area contributed by atoms with Crippen LogP contribution in [0.25, 0.3) is 0 Å². The highest BCUT2D eigenvalue weighted by Crippen LogP contribution is 2.48. The lowest BCUT2D eigenvalue weighted by Gasteiger charge is -2.29. The van der Waals surface area contributed by atoms with E-state index in [4.69, 9.17) is 4.84 Å². The Kier molecular flexibility index (Phi) is 4.79. The number of Topliss-reactive ketones (excluding diaryl/α,β-unsaturated/α-hetero) is 1. The quantitative estimate of drug-likeness (QED) is 0.572. The van der Waals surface area contributed by atoms with E-state index in [9.17, 15) is 9.59 Å². The van der Waals surface area contributed by atoms with Gasteiger partial charge < -0.3 is 4.90 Å². The highest BCUT2D eigenvalue weighted by Gasteiger charge is 2.63. The molecule has 0 radical (unpaired) electrons. The van der Waals surface area contributed by atoms with Crippen molar-refractivity contribution in [2.45, 2.75) is 43.9 Å². The number of para-hydroxylation sites is 1. The van der Waals surface area contributed by atoms with Gasteiger partial charge in [-0.25, -0.2) is 5.06 Å². The Labute approximate surface area is 171 Å². The van der Waals surface area contributed by atoms with Crippen LogP contribution in [0.1, 0.15) is 37.0 Å². The minimum Gasteiger partial charge on any atom is -0.331 e. The summed E-state index contributed by atoms with van der Waals surface area (Å²) in [4.78, 5) is 35.0. The van der Waals surface area contributed by atoms with Crippen molar-refractivity contribution in [1.82, 2.24) is 4.90 Å². The van der Waals surface area contributed by atoms with E-state index in [2.05, 4.69) is 6.58 Å². The molecule has 2 aliphatic heterocycles. The summed E-state index contributed by atoms with van der Waals surface area (Å²) in [6.07, 6.45) is 2.58. The predicted molar refractivity (Wildman–Crippen MR) is 113 cm³/mol. The Hall–Kier alpha value is -2.92. The van der Waals surface area contributed by atoms with E-state index in [1.165, 1.54) is 0 Å². The summed E-state index contributed by atoms with van der Waals surface area (Å²) in [5, 5.41) is 1.64. The first kappa shape index (κ1) is 19.4. The van der Waals surface area contributed by atoms with Crippen LogP contribution in [0.4, 0.5) is 5.69 Å². The highest BCUT2D eigenvalue weighted by molar-refractivity contribution is 6.03. The van der Waals surface area contributed by atoms with Gasteiger partial charge in [-0.1, -0.05) is 54.6 Å². The number of carbonyl (C=O) groups is 2. The summed E-state index contributed by atoms with van der Waals surface area (Å²) in [5.74, 6) is -0.120. The van der Waals surface area contributed by atoms with Crippen molar-refractivity contribution in [2.75, 3.05) is 11.6 Å². The second-order valence-electron chi connectivity index (χ2n) is 8.39.